The summed E-state index contributed by atoms with van der Waals surface area (Å²) >= 11 is 0. The molecule has 42 heavy (non-hydrogen) atoms. The highest BCUT2D eigenvalue weighted by Gasteiger charge is 2.26. The zero-order valence-corrected chi connectivity index (χ0v) is 25.8. The van der Waals surface area contributed by atoms with Crippen molar-refractivity contribution in [1.29, 1.82) is 0 Å². The van der Waals surface area contributed by atoms with Crippen LogP contribution in [0.2, 0.25) is 0 Å². The predicted octanol–water partition coefficient (Wildman–Crippen LogP) is 12.3. The zero-order chi connectivity index (χ0) is 29.4. The molecule has 0 N–H and O–H groups in total. The summed E-state index contributed by atoms with van der Waals surface area (Å²) in [6.07, 6.45) is 15.1. The predicted molar refractivity (Wildman–Crippen MR) is 183 cm³/mol. The van der Waals surface area contributed by atoms with Gasteiger partial charge in [0.05, 0.1) is 0 Å². The summed E-state index contributed by atoms with van der Waals surface area (Å²) in [5.74, 6) is 2.55. The van der Waals surface area contributed by atoms with Crippen LogP contribution >= 0.6 is 0 Å². The summed E-state index contributed by atoms with van der Waals surface area (Å²) in [5.41, 5.74) is 5.79. The molecule has 0 aliphatic rings. The standard InChI is InChI=1S/C42H50/c1-4-35(42(41-29-19-10-20-30-41)33-36(5-2)38-24-15-8-16-25-38)31-32-40(39-26-17-9-18-27-39)28-14-6-11-21-34(3)37-22-12-7-13-23-37/h4,6-10,12-20,22-27,29-30,34-36,40,42H,1,5,11,21,28,31-33H2,2-3H3/b14-6+. The first-order valence-corrected chi connectivity index (χ1v) is 16.2. The van der Waals surface area contributed by atoms with E-state index in [1.807, 2.05) is 0 Å². The first-order chi connectivity index (χ1) is 20.7. The van der Waals surface area contributed by atoms with Crippen LogP contribution in [0.4, 0.5) is 0 Å². The van der Waals surface area contributed by atoms with Crippen molar-refractivity contribution in [2.45, 2.75) is 82.5 Å². The van der Waals surface area contributed by atoms with E-state index < -0.39 is 0 Å². The van der Waals surface area contributed by atoms with Crippen molar-refractivity contribution >= 4 is 0 Å². The van der Waals surface area contributed by atoms with Gasteiger partial charge in [-0.15, -0.1) is 6.58 Å². The van der Waals surface area contributed by atoms with Crippen LogP contribution in [0.25, 0.3) is 0 Å². The van der Waals surface area contributed by atoms with Gasteiger partial charge in [-0.3, -0.25) is 0 Å². The Morgan fingerprint density at radius 2 is 1.07 bits per heavy atom. The van der Waals surface area contributed by atoms with Gasteiger partial charge in [0.1, 0.15) is 0 Å². The van der Waals surface area contributed by atoms with Crippen LogP contribution in [0, 0.1) is 5.92 Å². The topological polar surface area (TPSA) is 0 Å². The van der Waals surface area contributed by atoms with Gasteiger partial charge in [-0.2, -0.15) is 0 Å². The van der Waals surface area contributed by atoms with Gasteiger partial charge >= 0.3 is 0 Å². The molecule has 0 radical (unpaired) electrons. The molecule has 0 spiro atoms. The SMILES string of the molecule is C=CC(CCC(C/C=C/CCC(C)c1ccccc1)c1ccccc1)C(CC(CC)c1ccccc1)c1ccccc1. The number of rotatable bonds is 17. The second-order valence-electron chi connectivity index (χ2n) is 11.9. The van der Waals surface area contributed by atoms with E-state index in [0.29, 0.717) is 29.6 Å². The van der Waals surface area contributed by atoms with Crippen molar-refractivity contribution in [3.05, 3.63) is 168 Å². The first-order valence-electron chi connectivity index (χ1n) is 16.2. The normalized spacial score (nSPS) is 15.1. The number of hydrogen-bond donors (Lipinski definition) is 0. The molecule has 0 bridgehead atoms. The Hall–Kier alpha value is -3.64. The zero-order valence-electron chi connectivity index (χ0n) is 25.8. The molecule has 0 heterocycles. The van der Waals surface area contributed by atoms with Crippen LogP contribution in [-0.4, -0.2) is 0 Å². The maximum atomic E-state index is 4.38. The summed E-state index contributed by atoms with van der Waals surface area (Å²) in [6.45, 7) is 9.05. The lowest BCUT2D eigenvalue weighted by molar-refractivity contribution is 0.390. The van der Waals surface area contributed by atoms with E-state index in [2.05, 4.69) is 160 Å². The van der Waals surface area contributed by atoms with Gasteiger partial charge in [-0.05, 0) is 96.8 Å². The van der Waals surface area contributed by atoms with Gasteiger partial charge < -0.3 is 0 Å². The lowest BCUT2D eigenvalue weighted by Gasteiger charge is -2.30. The molecular formula is C42H50. The molecule has 0 nitrogen and oxygen atoms in total. The first kappa shape index (κ1) is 31.3. The Kier molecular flexibility index (Phi) is 12.9. The van der Waals surface area contributed by atoms with Crippen molar-refractivity contribution < 1.29 is 0 Å². The minimum absolute atomic E-state index is 0.437. The Labute approximate surface area is 256 Å². The van der Waals surface area contributed by atoms with Crippen LogP contribution in [0.5, 0.6) is 0 Å². The Morgan fingerprint density at radius 3 is 1.60 bits per heavy atom. The molecule has 0 amide bonds. The van der Waals surface area contributed by atoms with E-state index >= 15 is 0 Å². The second-order valence-corrected chi connectivity index (χ2v) is 11.9. The molecule has 0 saturated heterocycles. The summed E-state index contributed by atoms with van der Waals surface area (Å²) in [4.78, 5) is 0. The third-order valence-corrected chi connectivity index (χ3v) is 9.19. The fourth-order valence-corrected chi connectivity index (χ4v) is 6.52. The molecule has 5 atom stereocenters. The van der Waals surface area contributed by atoms with E-state index in [4.69, 9.17) is 0 Å². The molecule has 0 aliphatic heterocycles. The van der Waals surface area contributed by atoms with Gasteiger partial charge in [0.15, 0.2) is 0 Å². The van der Waals surface area contributed by atoms with Crippen molar-refractivity contribution in [2.75, 3.05) is 0 Å². The van der Waals surface area contributed by atoms with Crippen molar-refractivity contribution in [3.63, 3.8) is 0 Å². The van der Waals surface area contributed by atoms with Crippen LogP contribution < -0.4 is 0 Å². The van der Waals surface area contributed by atoms with Crippen LogP contribution in [0.15, 0.2) is 146 Å². The summed E-state index contributed by atoms with van der Waals surface area (Å²) in [5, 5.41) is 0. The van der Waals surface area contributed by atoms with E-state index in [-0.39, 0.29) is 0 Å². The highest BCUT2D eigenvalue weighted by atomic mass is 14.3. The monoisotopic (exact) mass is 554 g/mol. The number of allylic oxidation sites excluding steroid dienone is 3. The minimum Gasteiger partial charge on any atom is -0.103 e. The molecular weight excluding hydrogens is 504 g/mol. The van der Waals surface area contributed by atoms with Crippen molar-refractivity contribution in [3.8, 4) is 0 Å². The third-order valence-electron chi connectivity index (χ3n) is 9.19. The molecule has 4 aromatic rings. The maximum absolute atomic E-state index is 4.38. The summed E-state index contributed by atoms with van der Waals surface area (Å²) < 4.78 is 0. The Morgan fingerprint density at radius 1 is 0.571 bits per heavy atom. The maximum Gasteiger partial charge on any atom is -0.00933 e. The molecule has 0 aliphatic carbocycles. The molecule has 0 aromatic heterocycles. The largest absolute Gasteiger partial charge is 0.103 e. The van der Waals surface area contributed by atoms with E-state index in [1.54, 1.807) is 0 Å². The fourth-order valence-electron chi connectivity index (χ4n) is 6.52. The average Bonchev–Trinajstić information content (AvgIpc) is 3.06. The van der Waals surface area contributed by atoms with E-state index in [0.717, 1.165) is 38.5 Å². The van der Waals surface area contributed by atoms with Gasteiger partial charge in [-0.25, -0.2) is 0 Å². The lowest BCUT2D eigenvalue weighted by atomic mass is 9.74. The lowest BCUT2D eigenvalue weighted by Crippen LogP contribution is -2.16. The Bertz CT molecular complexity index is 1290. The van der Waals surface area contributed by atoms with Crippen LogP contribution in [-0.2, 0) is 0 Å². The molecule has 4 rings (SSSR count). The fraction of sp³-hybridized carbons (Fsp3) is 0.333. The second kappa shape index (κ2) is 17.3. The van der Waals surface area contributed by atoms with Gasteiger partial charge in [0.2, 0.25) is 0 Å². The molecule has 4 aromatic carbocycles. The molecule has 5 unspecified atom stereocenters. The van der Waals surface area contributed by atoms with Gasteiger partial charge in [0.25, 0.3) is 0 Å². The summed E-state index contributed by atoms with van der Waals surface area (Å²) in [6, 6.07) is 44.3. The van der Waals surface area contributed by atoms with Crippen LogP contribution in [0.1, 0.15) is 105 Å². The Balaban J connectivity index is 1.44. The summed E-state index contributed by atoms with van der Waals surface area (Å²) in [7, 11) is 0. The smallest absolute Gasteiger partial charge is 0.00933 e. The van der Waals surface area contributed by atoms with Crippen LogP contribution in [0.3, 0.4) is 0 Å². The van der Waals surface area contributed by atoms with E-state index in [9.17, 15) is 0 Å². The highest BCUT2D eigenvalue weighted by molar-refractivity contribution is 5.26. The number of benzene rings is 4. The average molecular weight is 555 g/mol. The highest BCUT2D eigenvalue weighted by Crippen LogP contribution is 2.40. The molecule has 0 heteroatoms. The van der Waals surface area contributed by atoms with Crippen molar-refractivity contribution in [1.82, 2.24) is 0 Å². The quantitative estimate of drug-likeness (QED) is 0.114. The third kappa shape index (κ3) is 9.45. The minimum atomic E-state index is 0.437. The van der Waals surface area contributed by atoms with Crippen molar-refractivity contribution in [2.24, 2.45) is 5.92 Å². The molecule has 0 fully saturated rings. The molecule has 0 saturated carbocycles. The van der Waals surface area contributed by atoms with E-state index in [1.165, 1.54) is 28.7 Å². The number of hydrogen-bond acceptors (Lipinski definition) is 0. The van der Waals surface area contributed by atoms with Gasteiger partial charge in [-0.1, -0.05) is 153 Å². The molecule has 218 valence electrons. The van der Waals surface area contributed by atoms with Gasteiger partial charge in [0, 0.05) is 0 Å².